The van der Waals surface area contributed by atoms with E-state index >= 15 is 0 Å². The SMILES string of the molecule is CC.CC.CCCCC1CCC(CCCC)CN(c2cc(C)ccc2OC)C1. The Balaban J connectivity index is 0.00000171. The molecule has 1 saturated heterocycles. The quantitative estimate of drug-likeness (QED) is 0.442. The Kier molecular flexibility index (Phi) is 16.0. The molecule has 2 nitrogen and oxygen atoms in total. The second kappa shape index (κ2) is 16.7. The summed E-state index contributed by atoms with van der Waals surface area (Å²) in [6.45, 7) is 17.2. The van der Waals surface area contributed by atoms with Gasteiger partial charge in [0.25, 0.3) is 0 Å². The molecule has 1 aliphatic rings. The predicted molar refractivity (Wildman–Crippen MR) is 128 cm³/mol. The van der Waals surface area contributed by atoms with Crippen molar-refractivity contribution < 1.29 is 4.74 Å². The average molecular weight is 392 g/mol. The first-order chi connectivity index (χ1) is 13.7. The normalized spacial score (nSPS) is 18.9. The van der Waals surface area contributed by atoms with Crippen LogP contribution in [0.3, 0.4) is 0 Å². The van der Waals surface area contributed by atoms with Gasteiger partial charge >= 0.3 is 0 Å². The summed E-state index contributed by atoms with van der Waals surface area (Å²) in [6.07, 6.45) is 10.9. The lowest BCUT2D eigenvalue weighted by Crippen LogP contribution is -2.31. The van der Waals surface area contributed by atoms with Gasteiger partial charge in [0.1, 0.15) is 5.75 Å². The molecule has 0 amide bonds. The Morgan fingerprint density at radius 1 is 0.893 bits per heavy atom. The number of unbranched alkanes of at least 4 members (excludes halogenated alkanes) is 2. The zero-order valence-corrected chi connectivity index (χ0v) is 20.3. The lowest BCUT2D eigenvalue weighted by atomic mass is 9.92. The van der Waals surface area contributed by atoms with E-state index in [9.17, 15) is 0 Å². The lowest BCUT2D eigenvalue weighted by Gasteiger charge is -2.30. The molecule has 0 N–H and O–H groups in total. The van der Waals surface area contributed by atoms with Gasteiger partial charge in [0.15, 0.2) is 0 Å². The number of methoxy groups -OCH3 is 1. The number of nitrogens with zero attached hydrogens (tertiary/aromatic N) is 1. The van der Waals surface area contributed by atoms with E-state index in [1.807, 2.05) is 27.7 Å². The van der Waals surface area contributed by atoms with Crippen molar-refractivity contribution in [2.75, 3.05) is 25.1 Å². The summed E-state index contributed by atoms with van der Waals surface area (Å²) in [6, 6.07) is 6.61. The maximum absolute atomic E-state index is 5.69. The molecule has 0 radical (unpaired) electrons. The molecule has 2 rings (SSSR count). The van der Waals surface area contributed by atoms with Gasteiger partial charge in [-0.15, -0.1) is 0 Å². The highest BCUT2D eigenvalue weighted by Gasteiger charge is 2.25. The molecule has 164 valence electrons. The summed E-state index contributed by atoms with van der Waals surface area (Å²) in [5.41, 5.74) is 2.63. The summed E-state index contributed by atoms with van der Waals surface area (Å²) in [5.74, 6) is 2.70. The van der Waals surface area contributed by atoms with Gasteiger partial charge in [-0.2, -0.15) is 0 Å². The van der Waals surface area contributed by atoms with Gasteiger partial charge in [-0.1, -0.05) is 73.3 Å². The van der Waals surface area contributed by atoms with Crippen molar-refractivity contribution in [3.05, 3.63) is 23.8 Å². The van der Waals surface area contributed by atoms with E-state index in [-0.39, 0.29) is 0 Å². The summed E-state index contributed by atoms with van der Waals surface area (Å²) in [4.78, 5) is 2.64. The molecule has 1 aromatic carbocycles. The van der Waals surface area contributed by atoms with Gasteiger partial charge in [0.2, 0.25) is 0 Å². The molecule has 1 heterocycles. The fraction of sp³-hybridized carbons (Fsp3) is 0.769. The molecule has 0 aromatic heterocycles. The largest absolute Gasteiger partial charge is 0.495 e. The van der Waals surface area contributed by atoms with E-state index in [1.165, 1.54) is 75.7 Å². The molecule has 2 heteroatoms. The van der Waals surface area contributed by atoms with Gasteiger partial charge in [-0.25, -0.2) is 0 Å². The van der Waals surface area contributed by atoms with E-state index in [1.54, 1.807) is 7.11 Å². The first kappa shape index (κ1) is 26.8. The molecular weight excluding hydrogens is 342 g/mol. The third-order valence-corrected chi connectivity index (χ3v) is 5.55. The van der Waals surface area contributed by atoms with Crippen LogP contribution in [0.25, 0.3) is 0 Å². The van der Waals surface area contributed by atoms with Crippen LogP contribution >= 0.6 is 0 Å². The Morgan fingerprint density at radius 3 is 1.82 bits per heavy atom. The van der Waals surface area contributed by atoms with E-state index in [2.05, 4.69) is 43.9 Å². The van der Waals surface area contributed by atoms with Gasteiger partial charge < -0.3 is 9.64 Å². The van der Waals surface area contributed by atoms with E-state index in [0.29, 0.717) is 0 Å². The third kappa shape index (κ3) is 9.34. The van der Waals surface area contributed by atoms with Crippen molar-refractivity contribution in [2.45, 2.75) is 99.8 Å². The zero-order valence-electron chi connectivity index (χ0n) is 20.3. The Hall–Kier alpha value is -1.18. The number of hydrogen-bond acceptors (Lipinski definition) is 2. The fourth-order valence-electron chi connectivity index (χ4n) is 4.05. The Morgan fingerprint density at radius 2 is 1.39 bits per heavy atom. The second-order valence-corrected chi connectivity index (χ2v) is 7.67. The molecule has 0 aliphatic carbocycles. The number of ether oxygens (including phenoxy) is 1. The number of rotatable bonds is 8. The van der Waals surface area contributed by atoms with Crippen LogP contribution in [0, 0.1) is 18.8 Å². The van der Waals surface area contributed by atoms with Crippen molar-refractivity contribution in [1.29, 1.82) is 0 Å². The fourth-order valence-corrected chi connectivity index (χ4v) is 4.05. The van der Waals surface area contributed by atoms with Crippen LogP contribution in [0.1, 0.15) is 98.5 Å². The molecule has 0 saturated carbocycles. The zero-order chi connectivity index (χ0) is 21.4. The minimum absolute atomic E-state index is 0.835. The molecule has 1 aromatic rings. The smallest absolute Gasteiger partial charge is 0.142 e. The first-order valence-corrected chi connectivity index (χ1v) is 12.1. The maximum Gasteiger partial charge on any atom is 0.142 e. The van der Waals surface area contributed by atoms with Crippen molar-refractivity contribution in [2.24, 2.45) is 11.8 Å². The van der Waals surface area contributed by atoms with Crippen LogP contribution in [0.2, 0.25) is 0 Å². The molecule has 0 bridgehead atoms. The topological polar surface area (TPSA) is 12.5 Å². The summed E-state index contributed by atoms with van der Waals surface area (Å²) < 4.78 is 5.69. The summed E-state index contributed by atoms with van der Waals surface area (Å²) in [7, 11) is 1.80. The highest BCUT2D eigenvalue weighted by Crippen LogP contribution is 2.35. The minimum atomic E-state index is 0.835. The molecule has 0 spiro atoms. The summed E-state index contributed by atoms with van der Waals surface area (Å²) >= 11 is 0. The number of benzene rings is 1. The summed E-state index contributed by atoms with van der Waals surface area (Å²) in [5, 5.41) is 0. The number of aryl methyl sites for hydroxylation is 1. The molecule has 1 fully saturated rings. The maximum atomic E-state index is 5.69. The van der Waals surface area contributed by atoms with Gasteiger partial charge in [0, 0.05) is 13.1 Å². The van der Waals surface area contributed by atoms with Crippen molar-refractivity contribution in [3.8, 4) is 5.75 Å². The highest BCUT2D eigenvalue weighted by atomic mass is 16.5. The van der Waals surface area contributed by atoms with Crippen LogP contribution in [0.15, 0.2) is 18.2 Å². The van der Waals surface area contributed by atoms with E-state index < -0.39 is 0 Å². The molecular formula is C26H49NO. The lowest BCUT2D eigenvalue weighted by molar-refractivity contribution is 0.402. The predicted octanol–water partition coefficient (Wildman–Crippen LogP) is 8.27. The molecule has 2 atom stereocenters. The van der Waals surface area contributed by atoms with Crippen molar-refractivity contribution in [3.63, 3.8) is 0 Å². The van der Waals surface area contributed by atoms with Crippen LogP contribution in [0.5, 0.6) is 5.75 Å². The monoisotopic (exact) mass is 391 g/mol. The van der Waals surface area contributed by atoms with Crippen LogP contribution < -0.4 is 9.64 Å². The number of anilines is 1. The van der Waals surface area contributed by atoms with E-state index in [4.69, 9.17) is 4.74 Å². The van der Waals surface area contributed by atoms with Crippen molar-refractivity contribution >= 4 is 5.69 Å². The van der Waals surface area contributed by atoms with Crippen LogP contribution in [0.4, 0.5) is 5.69 Å². The molecule has 28 heavy (non-hydrogen) atoms. The Bertz CT molecular complexity index is 467. The second-order valence-electron chi connectivity index (χ2n) is 7.67. The molecule has 2 unspecified atom stereocenters. The van der Waals surface area contributed by atoms with Crippen LogP contribution in [-0.4, -0.2) is 20.2 Å². The van der Waals surface area contributed by atoms with Gasteiger partial charge in [-0.3, -0.25) is 0 Å². The highest BCUT2D eigenvalue weighted by molar-refractivity contribution is 5.60. The van der Waals surface area contributed by atoms with Crippen molar-refractivity contribution in [1.82, 2.24) is 0 Å². The van der Waals surface area contributed by atoms with Crippen LogP contribution in [-0.2, 0) is 0 Å². The molecule has 1 aliphatic heterocycles. The van der Waals surface area contributed by atoms with Gasteiger partial charge in [-0.05, 0) is 62.1 Å². The number of hydrogen-bond donors (Lipinski definition) is 0. The van der Waals surface area contributed by atoms with E-state index in [0.717, 1.165) is 17.6 Å². The van der Waals surface area contributed by atoms with Gasteiger partial charge in [0.05, 0.1) is 12.8 Å². The first-order valence-electron chi connectivity index (χ1n) is 12.1. The Labute approximate surface area is 177 Å². The minimum Gasteiger partial charge on any atom is -0.495 e. The third-order valence-electron chi connectivity index (χ3n) is 5.55. The standard InChI is InChI=1S/C22H37NO.2C2H6/c1-5-7-9-19-12-13-20(10-8-6-2)17-23(16-19)21-15-18(3)11-14-22(21)24-4;2*1-2/h11,14-15,19-20H,5-10,12-13,16-17H2,1-4H3;2*1-2H3. The average Bonchev–Trinajstić information content (AvgIpc) is 2.96.